The van der Waals surface area contributed by atoms with Crippen molar-refractivity contribution in [3.8, 4) is 0 Å². The molecule has 1 saturated heterocycles. The first kappa shape index (κ1) is 19.6. The van der Waals surface area contributed by atoms with Gasteiger partial charge in [-0.3, -0.25) is 4.79 Å². The Kier molecular flexibility index (Phi) is 5.38. The van der Waals surface area contributed by atoms with Gasteiger partial charge in [-0.25, -0.2) is 13.4 Å². The summed E-state index contributed by atoms with van der Waals surface area (Å²) in [5, 5.41) is 2.88. The second-order valence-corrected chi connectivity index (χ2v) is 9.22. The average Bonchev–Trinajstić information content (AvgIpc) is 3.35. The Hall–Kier alpha value is -2.71. The summed E-state index contributed by atoms with van der Waals surface area (Å²) in [5.74, 6) is 0.538. The van der Waals surface area contributed by atoms with E-state index in [0.29, 0.717) is 32.4 Å². The van der Waals surface area contributed by atoms with E-state index in [2.05, 4.69) is 15.3 Å². The highest BCUT2D eigenvalue weighted by Gasteiger charge is 2.39. The molecule has 0 radical (unpaired) electrons. The molecule has 2 heterocycles. The molecule has 1 aliphatic heterocycles. The maximum Gasteiger partial charge on any atom is 0.243 e. The van der Waals surface area contributed by atoms with Gasteiger partial charge in [0, 0.05) is 19.5 Å². The van der Waals surface area contributed by atoms with E-state index in [-0.39, 0.29) is 10.8 Å². The zero-order valence-corrected chi connectivity index (χ0v) is 17.1. The fourth-order valence-electron chi connectivity index (χ4n) is 3.68. The lowest BCUT2D eigenvalue weighted by Crippen LogP contribution is -2.46. The Morgan fingerprint density at radius 1 is 1.21 bits per heavy atom. The maximum absolute atomic E-state index is 13.0. The van der Waals surface area contributed by atoms with Crippen molar-refractivity contribution in [1.82, 2.24) is 19.6 Å². The van der Waals surface area contributed by atoms with Crippen LogP contribution in [0.3, 0.4) is 0 Å². The third-order valence-corrected chi connectivity index (χ3v) is 7.16. The van der Waals surface area contributed by atoms with Crippen LogP contribution in [0.1, 0.15) is 24.2 Å². The number of aromatic nitrogens is 2. The van der Waals surface area contributed by atoms with Gasteiger partial charge in [0.25, 0.3) is 0 Å². The lowest BCUT2D eigenvalue weighted by Gasteiger charge is -2.23. The van der Waals surface area contributed by atoms with E-state index in [4.69, 9.17) is 0 Å². The van der Waals surface area contributed by atoms with E-state index in [1.54, 1.807) is 24.3 Å². The normalized spacial score (nSPS) is 17.6. The van der Waals surface area contributed by atoms with Crippen molar-refractivity contribution in [2.75, 3.05) is 13.1 Å². The van der Waals surface area contributed by atoms with Gasteiger partial charge in [-0.1, -0.05) is 29.8 Å². The minimum absolute atomic E-state index is 0.227. The van der Waals surface area contributed by atoms with Crippen molar-refractivity contribution in [2.24, 2.45) is 0 Å². The van der Waals surface area contributed by atoms with Gasteiger partial charge >= 0.3 is 0 Å². The Bertz CT molecular complexity index is 1090. The Balaban J connectivity index is 1.40. The molecular formula is C21H24N4O3S. The molecule has 1 fully saturated rings. The van der Waals surface area contributed by atoms with Crippen molar-refractivity contribution in [1.29, 1.82) is 0 Å². The van der Waals surface area contributed by atoms with Crippen LogP contribution in [0.15, 0.2) is 53.4 Å². The number of aryl methyl sites for hydroxylation is 1. The summed E-state index contributed by atoms with van der Waals surface area (Å²) in [6, 6.07) is 13.8. The van der Waals surface area contributed by atoms with Crippen LogP contribution in [0.5, 0.6) is 0 Å². The van der Waals surface area contributed by atoms with Crippen LogP contribution >= 0.6 is 0 Å². The van der Waals surface area contributed by atoms with Gasteiger partial charge in [0.1, 0.15) is 11.9 Å². The number of nitrogens with one attached hydrogen (secondary N) is 2. The summed E-state index contributed by atoms with van der Waals surface area (Å²) in [7, 11) is -3.69. The van der Waals surface area contributed by atoms with Crippen LogP contribution in [0.2, 0.25) is 0 Å². The van der Waals surface area contributed by atoms with E-state index >= 15 is 0 Å². The van der Waals surface area contributed by atoms with E-state index in [1.165, 1.54) is 4.31 Å². The number of amides is 1. The minimum atomic E-state index is -3.69. The fraction of sp³-hybridized carbons (Fsp3) is 0.333. The van der Waals surface area contributed by atoms with Crippen LogP contribution in [-0.4, -0.2) is 47.7 Å². The van der Waals surface area contributed by atoms with Gasteiger partial charge in [-0.2, -0.15) is 4.31 Å². The van der Waals surface area contributed by atoms with Gasteiger partial charge in [-0.05, 0) is 44.0 Å². The number of carbonyl (C=O) groups excluding carboxylic acids is 1. The molecule has 0 unspecified atom stereocenters. The minimum Gasteiger partial charge on any atom is -0.354 e. The predicted octanol–water partition coefficient (Wildman–Crippen LogP) is 2.38. The lowest BCUT2D eigenvalue weighted by molar-refractivity contribution is -0.124. The zero-order valence-electron chi connectivity index (χ0n) is 16.3. The molecule has 3 aromatic rings. The van der Waals surface area contributed by atoms with Gasteiger partial charge in [0.2, 0.25) is 15.9 Å². The second kappa shape index (κ2) is 7.96. The van der Waals surface area contributed by atoms with Crippen LogP contribution in [-0.2, 0) is 21.2 Å². The third kappa shape index (κ3) is 4.04. The zero-order chi connectivity index (χ0) is 20.4. The van der Waals surface area contributed by atoms with Crippen LogP contribution in [0.25, 0.3) is 11.0 Å². The lowest BCUT2D eigenvalue weighted by atomic mass is 10.2. The first-order chi connectivity index (χ1) is 13.9. The number of carbonyl (C=O) groups is 1. The highest BCUT2D eigenvalue weighted by molar-refractivity contribution is 7.89. The number of benzene rings is 2. The molecule has 0 saturated carbocycles. The first-order valence-electron chi connectivity index (χ1n) is 9.75. The molecule has 8 heteroatoms. The third-order valence-electron chi connectivity index (χ3n) is 5.23. The van der Waals surface area contributed by atoms with Gasteiger partial charge in [0.15, 0.2) is 0 Å². The van der Waals surface area contributed by atoms with Gasteiger partial charge < -0.3 is 10.3 Å². The molecule has 0 aliphatic carbocycles. The summed E-state index contributed by atoms with van der Waals surface area (Å²) < 4.78 is 27.3. The summed E-state index contributed by atoms with van der Waals surface area (Å²) >= 11 is 0. The summed E-state index contributed by atoms with van der Waals surface area (Å²) in [6.07, 6.45) is 1.76. The number of fused-ring (bicyclic) bond motifs is 1. The van der Waals surface area contributed by atoms with Crippen LogP contribution in [0, 0.1) is 6.92 Å². The number of H-pyrrole nitrogens is 1. The molecule has 1 atom stereocenters. The molecule has 1 aromatic heterocycles. The largest absolute Gasteiger partial charge is 0.354 e. The monoisotopic (exact) mass is 412 g/mol. The predicted molar refractivity (Wildman–Crippen MR) is 111 cm³/mol. The summed E-state index contributed by atoms with van der Waals surface area (Å²) in [4.78, 5) is 20.7. The Morgan fingerprint density at radius 3 is 2.72 bits per heavy atom. The fourth-order valence-corrected chi connectivity index (χ4v) is 5.34. The molecule has 29 heavy (non-hydrogen) atoms. The van der Waals surface area contributed by atoms with Crippen LogP contribution in [0.4, 0.5) is 0 Å². The molecule has 1 aliphatic rings. The standard InChI is InChI=1S/C21H24N4O3S/c1-15-8-10-16(11-9-15)29(27,28)25-14-4-7-19(25)21(26)22-13-12-20-23-17-5-2-3-6-18(17)24-20/h2-3,5-6,8-11,19H,4,7,12-14H2,1H3,(H,22,26)(H,23,24)/t19-/m0/s1. The van der Waals surface area contributed by atoms with E-state index in [0.717, 1.165) is 22.4 Å². The molecular weight excluding hydrogens is 388 g/mol. The highest BCUT2D eigenvalue weighted by atomic mass is 32.2. The second-order valence-electron chi connectivity index (χ2n) is 7.33. The number of aromatic amines is 1. The smallest absolute Gasteiger partial charge is 0.243 e. The SMILES string of the molecule is Cc1ccc(S(=O)(=O)N2CCC[C@H]2C(=O)NCCc2nc3ccccc3[nH]2)cc1. The first-order valence-corrected chi connectivity index (χ1v) is 11.2. The molecule has 2 N–H and O–H groups in total. The van der Waals surface area contributed by atoms with Crippen molar-refractivity contribution < 1.29 is 13.2 Å². The number of imidazole rings is 1. The quantitative estimate of drug-likeness (QED) is 0.650. The molecule has 1 amide bonds. The van der Waals surface area contributed by atoms with Crippen molar-refractivity contribution in [3.05, 3.63) is 59.9 Å². The maximum atomic E-state index is 13.0. The molecule has 2 aromatic carbocycles. The van der Waals surface area contributed by atoms with Gasteiger partial charge in [0.05, 0.1) is 15.9 Å². The van der Waals surface area contributed by atoms with Crippen molar-refractivity contribution in [3.63, 3.8) is 0 Å². The molecule has 0 spiro atoms. The van der Waals surface area contributed by atoms with Crippen LogP contribution < -0.4 is 5.32 Å². The molecule has 7 nitrogen and oxygen atoms in total. The number of hydrogen-bond donors (Lipinski definition) is 2. The number of hydrogen-bond acceptors (Lipinski definition) is 4. The number of rotatable bonds is 6. The van der Waals surface area contributed by atoms with Gasteiger partial charge in [-0.15, -0.1) is 0 Å². The van der Waals surface area contributed by atoms with E-state index in [9.17, 15) is 13.2 Å². The molecule has 0 bridgehead atoms. The topological polar surface area (TPSA) is 95.2 Å². The summed E-state index contributed by atoms with van der Waals surface area (Å²) in [6.45, 7) is 2.66. The molecule has 152 valence electrons. The van der Waals surface area contributed by atoms with E-state index in [1.807, 2.05) is 31.2 Å². The van der Waals surface area contributed by atoms with Crippen molar-refractivity contribution in [2.45, 2.75) is 37.1 Å². The summed E-state index contributed by atoms with van der Waals surface area (Å²) in [5.41, 5.74) is 2.84. The number of nitrogens with zero attached hydrogens (tertiary/aromatic N) is 2. The highest BCUT2D eigenvalue weighted by Crippen LogP contribution is 2.26. The number of sulfonamides is 1. The molecule has 4 rings (SSSR count). The average molecular weight is 413 g/mol. The number of para-hydroxylation sites is 2. The Morgan fingerprint density at radius 2 is 1.97 bits per heavy atom. The van der Waals surface area contributed by atoms with E-state index < -0.39 is 16.1 Å². The Labute approximate surface area is 170 Å². The van der Waals surface area contributed by atoms with Crippen molar-refractivity contribution >= 4 is 27.0 Å².